The van der Waals surface area contributed by atoms with E-state index >= 15 is 0 Å². The molecule has 1 aromatic carbocycles. The van der Waals surface area contributed by atoms with Crippen LogP contribution >= 0.6 is 15.9 Å². The van der Waals surface area contributed by atoms with Crippen molar-refractivity contribution in [2.24, 2.45) is 0 Å². The highest BCUT2D eigenvalue weighted by molar-refractivity contribution is 9.10. The monoisotopic (exact) mass is 367 g/mol. The second-order valence-corrected chi connectivity index (χ2v) is 6.02. The molecule has 1 fully saturated rings. The van der Waals surface area contributed by atoms with Gasteiger partial charge in [-0.1, -0.05) is 22.0 Å². The third kappa shape index (κ3) is 4.84. The average Bonchev–Trinajstić information content (AvgIpc) is 2.70. The van der Waals surface area contributed by atoms with E-state index in [9.17, 15) is 14.4 Å². The van der Waals surface area contributed by atoms with Crippen molar-refractivity contribution < 1.29 is 14.4 Å². The molecule has 0 saturated carbocycles. The van der Waals surface area contributed by atoms with Gasteiger partial charge >= 0.3 is 0 Å². The number of benzene rings is 1. The molecule has 0 aliphatic carbocycles. The molecule has 0 spiro atoms. The molecule has 2 rings (SSSR count). The van der Waals surface area contributed by atoms with Crippen LogP contribution in [0.2, 0.25) is 0 Å². The van der Waals surface area contributed by atoms with Gasteiger partial charge in [0.1, 0.15) is 6.04 Å². The number of carbonyl (C=O) groups is 3. The summed E-state index contributed by atoms with van der Waals surface area (Å²) >= 11 is 3.29. The van der Waals surface area contributed by atoms with Crippen LogP contribution in [0.1, 0.15) is 29.6 Å². The van der Waals surface area contributed by atoms with Crippen molar-refractivity contribution in [3.8, 4) is 0 Å². The first-order valence-corrected chi connectivity index (χ1v) is 7.96. The van der Waals surface area contributed by atoms with Crippen LogP contribution in [0.5, 0.6) is 0 Å². The fraction of sp³-hybridized carbons (Fsp3) is 0.400. The van der Waals surface area contributed by atoms with E-state index in [1.807, 2.05) is 6.07 Å². The second kappa shape index (κ2) is 7.93. The fourth-order valence-electron chi connectivity index (χ4n) is 2.21. The van der Waals surface area contributed by atoms with Gasteiger partial charge in [0, 0.05) is 16.6 Å². The third-order valence-electron chi connectivity index (χ3n) is 3.37. The van der Waals surface area contributed by atoms with E-state index < -0.39 is 6.04 Å². The zero-order valence-electron chi connectivity index (χ0n) is 12.0. The van der Waals surface area contributed by atoms with Gasteiger partial charge in [-0.25, -0.2) is 0 Å². The van der Waals surface area contributed by atoms with E-state index in [1.54, 1.807) is 18.2 Å². The topological polar surface area (TPSA) is 87.3 Å². The minimum atomic E-state index is -0.516. The Morgan fingerprint density at radius 2 is 2.14 bits per heavy atom. The molecule has 1 unspecified atom stereocenters. The molecule has 7 heteroatoms. The van der Waals surface area contributed by atoms with Gasteiger partial charge in [0.2, 0.25) is 11.8 Å². The third-order valence-corrected chi connectivity index (χ3v) is 3.86. The van der Waals surface area contributed by atoms with Crippen LogP contribution in [0.15, 0.2) is 28.7 Å². The van der Waals surface area contributed by atoms with Crippen molar-refractivity contribution in [3.05, 3.63) is 34.3 Å². The molecule has 3 amide bonds. The predicted octanol–water partition coefficient (Wildman–Crippen LogP) is 0.964. The number of nitrogens with one attached hydrogen (secondary N) is 3. The van der Waals surface area contributed by atoms with Crippen molar-refractivity contribution in [2.75, 3.05) is 13.1 Å². The molecule has 1 aliphatic heterocycles. The quantitative estimate of drug-likeness (QED) is 0.740. The summed E-state index contributed by atoms with van der Waals surface area (Å²) < 4.78 is 0.791. The van der Waals surface area contributed by atoms with Crippen molar-refractivity contribution in [2.45, 2.75) is 25.3 Å². The van der Waals surface area contributed by atoms with Crippen LogP contribution in [0.3, 0.4) is 0 Å². The van der Waals surface area contributed by atoms with Gasteiger partial charge in [0.15, 0.2) is 0 Å². The first-order chi connectivity index (χ1) is 10.6. The predicted molar refractivity (Wildman–Crippen MR) is 85.3 cm³/mol. The minimum Gasteiger partial charge on any atom is -0.354 e. The first-order valence-electron chi connectivity index (χ1n) is 7.17. The Morgan fingerprint density at radius 1 is 1.32 bits per heavy atom. The molecule has 0 radical (unpaired) electrons. The molecule has 1 aliphatic rings. The van der Waals surface area contributed by atoms with E-state index in [0.29, 0.717) is 18.5 Å². The molecule has 3 N–H and O–H groups in total. The number of halogens is 1. The van der Waals surface area contributed by atoms with E-state index in [2.05, 4.69) is 31.9 Å². The molecular weight excluding hydrogens is 350 g/mol. The van der Waals surface area contributed by atoms with Crippen LogP contribution in [0, 0.1) is 0 Å². The lowest BCUT2D eigenvalue weighted by atomic mass is 10.1. The normalized spacial score (nSPS) is 18.0. The maximum Gasteiger partial charge on any atom is 0.251 e. The van der Waals surface area contributed by atoms with Gasteiger partial charge < -0.3 is 16.0 Å². The molecule has 1 saturated heterocycles. The number of carbonyl (C=O) groups excluding carboxylic acids is 3. The van der Waals surface area contributed by atoms with E-state index in [1.165, 1.54) is 0 Å². The molecular formula is C15H18BrN3O3. The Hall–Kier alpha value is -1.89. The van der Waals surface area contributed by atoms with Gasteiger partial charge in [0.25, 0.3) is 5.91 Å². The highest BCUT2D eigenvalue weighted by atomic mass is 79.9. The van der Waals surface area contributed by atoms with Crippen LogP contribution in [-0.2, 0) is 9.59 Å². The summed E-state index contributed by atoms with van der Waals surface area (Å²) in [5, 5.41) is 7.95. The summed E-state index contributed by atoms with van der Waals surface area (Å²) in [6.45, 7) is 0.486. The summed E-state index contributed by atoms with van der Waals surface area (Å²) in [4.78, 5) is 35.5. The lowest BCUT2D eigenvalue weighted by Crippen LogP contribution is -2.48. The molecule has 1 atom stereocenters. The second-order valence-electron chi connectivity index (χ2n) is 5.10. The summed E-state index contributed by atoms with van der Waals surface area (Å²) in [5.41, 5.74) is 0.467. The number of hydrogen-bond donors (Lipinski definition) is 3. The van der Waals surface area contributed by atoms with Gasteiger partial charge in [-0.05, 0) is 37.5 Å². The van der Waals surface area contributed by atoms with Crippen molar-refractivity contribution in [1.29, 1.82) is 0 Å². The Balaban J connectivity index is 1.82. The number of amides is 3. The van der Waals surface area contributed by atoms with E-state index in [-0.39, 0.29) is 24.3 Å². The zero-order chi connectivity index (χ0) is 15.9. The molecule has 22 heavy (non-hydrogen) atoms. The van der Waals surface area contributed by atoms with Gasteiger partial charge in [-0.2, -0.15) is 0 Å². The lowest BCUT2D eigenvalue weighted by Gasteiger charge is -2.15. The SMILES string of the molecule is O=C(CNC(=O)c1cccc(Br)c1)NC1CCCCNC1=O. The van der Waals surface area contributed by atoms with Crippen LogP contribution in [0.25, 0.3) is 0 Å². The molecule has 1 aromatic rings. The van der Waals surface area contributed by atoms with Gasteiger partial charge in [0.05, 0.1) is 6.54 Å². The Morgan fingerprint density at radius 3 is 2.91 bits per heavy atom. The van der Waals surface area contributed by atoms with Crippen molar-refractivity contribution in [3.63, 3.8) is 0 Å². The number of rotatable bonds is 4. The minimum absolute atomic E-state index is 0.158. The molecule has 118 valence electrons. The summed E-state index contributed by atoms with van der Waals surface area (Å²) in [6, 6.07) is 6.38. The van der Waals surface area contributed by atoms with Crippen molar-refractivity contribution >= 4 is 33.7 Å². The maximum absolute atomic E-state index is 11.9. The summed E-state index contributed by atoms with van der Waals surface area (Å²) in [7, 11) is 0. The van der Waals surface area contributed by atoms with Crippen LogP contribution in [0.4, 0.5) is 0 Å². The molecule has 0 bridgehead atoms. The Kier molecular flexibility index (Phi) is 5.94. The van der Waals surface area contributed by atoms with Crippen LogP contribution < -0.4 is 16.0 Å². The highest BCUT2D eigenvalue weighted by Gasteiger charge is 2.22. The van der Waals surface area contributed by atoms with E-state index in [4.69, 9.17) is 0 Å². The Bertz CT molecular complexity index is 577. The standard InChI is InChI=1S/C15H18BrN3O3/c16-11-5-3-4-10(8-11)14(21)18-9-13(20)19-12-6-1-2-7-17-15(12)22/h3-5,8,12H,1-2,6-7,9H2,(H,17,22)(H,18,21)(H,19,20). The smallest absolute Gasteiger partial charge is 0.251 e. The Labute approximate surface area is 137 Å². The average molecular weight is 368 g/mol. The van der Waals surface area contributed by atoms with Crippen molar-refractivity contribution in [1.82, 2.24) is 16.0 Å². The maximum atomic E-state index is 11.9. The zero-order valence-corrected chi connectivity index (χ0v) is 13.6. The van der Waals surface area contributed by atoms with Gasteiger partial charge in [-0.3, -0.25) is 14.4 Å². The van der Waals surface area contributed by atoms with Crippen LogP contribution in [-0.4, -0.2) is 36.9 Å². The lowest BCUT2D eigenvalue weighted by molar-refractivity contribution is -0.128. The number of hydrogen-bond acceptors (Lipinski definition) is 3. The first kappa shape index (κ1) is 16.5. The summed E-state index contributed by atoms with van der Waals surface area (Å²) in [5.74, 6) is -0.865. The van der Waals surface area contributed by atoms with Gasteiger partial charge in [-0.15, -0.1) is 0 Å². The summed E-state index contributed by atoms with van der Waals surface area (Å²) in [6.07, 6.45) is 2.42. The molecule has 6 nitrogen and oxygen atoms in total. The van der Waals surface area contributed by atoms with E-state index in [0.717, 1.165) is 17.3 Å². The largest absolute Gasteiger partial charge is 0.354 e. The molecule has 0 aromatic heterocycles. The highest BCUT2D eigenvalue weighted by Crippen LogP contribution is 2.11. The molecule has 1 heterocycles. The fourth-order valence-corrected chi connectivity index (χ4v) is 2.61.